The minimum atomic E-state index is -3.50. The minimum Gasteiger partial charge on any atom is -0.336 e. The van der Waals surface area contributed by atoms with Crippen LogP contribution in [0.3, 0.4) is 0 Å². The Hall–Kier alpha value is -1.60. The number of hydrogen-bond acceptors (Lipinski definition) is 3. The van der Waals surface area contributed by atoms with Crippen LogP contribution in [0.5, 0.6) is 0 Å². The van der Waals surface area contributed by atoms with Gasteiger partial charge in [0.1, 0.15) is 0 Å². The van der Waals surface area contributed by atoms with Crippen LogP contribution in [0.1, 0.15) is 39.2 Å². The zero-order valence-corrected chi connectivity index (χ0v) is 16.2. The van der Waals surface area contributed by atoms with Gasteiger partial charge in [-0.05, 0) is 44.4 Å². The molecule has 1 N–H and O–H groups in total. The molecule has 0 spiro atoms. The first-order chi connectivity index (χ1) is 11.8. The third-order valence-corrected chi connectivity index (χ3v) is 6.23. The number of piperazine rings is 1. The molecule has 0 radical (unpaired) electrons. The summed E-state index contributed by atoms with van der Waals surface area (Å²) in [4.78, 5) is 14.0. The van der Waals surface area contributed by atoms with Crippen LogP contribution in [0.4, 0.5) is 4.79 Å². The molecule has 1 heterocycles. The highest BCUT2D eigenvalue weighted by molar-refractivity contribution is 7.89. The van der Waals surface area contributed by atoms with Crippen molar-refractivity contribution in [3.8, 4) is 0 Å². The molecular formula is C18H29N3O3S. The molecule has 2 amide bonds. The second kappa shape index (κ2) is 8.67. The van der Waals surface area contributed by atoms with Crippen molar-refractivity contribution < 1.29 is 13.2 Å². The number of amides is 2. The van der Waals surface area contributed by atoms with Gasteiger partial charge in [0, 0.05) is 32.2 Å². The van der Waals surface area contributed by atoms with E-state index in [1.54, 1.807) is 17.0 Å². The van der Waals surface area contributed by atoms with E-state index in [-0.39, 0.29) is 12.1 Å². The predicted octanol–water partition coefficient (Wildman–Crippen LogP) is 2.45. The predicted molar refractivity (Wildman–Crippen MR) is 99.1 cm³/mol. The van der Waals surface area contributed by atoms with E-state index in [1.165, 1.54) is 4.31 Å². The number of hydrogen-bond donors (Lipinski definition) is 1. The van der Waals surface area contributed by atoms with Gasteiger partial charge in [0.2, 0.25) is 10.0 Å². The van der Waals surface area contributed by atoms with Crippen molar-refractivity contribution in [2.45, 2.75) is 51.0 Å². The van der Waals surface area contributed by atoms with E-state index in [4.69, 9.17) is 0 Å². The lowest BCUT2D eigenvalue weighted by Gasteiger charge is -2.34. The van der Waals surface area contributed by atoms with Crippen molar-refractivity contribution >= 4 is 16.1 Å². The minimum absolute atomic E-state index is 0.0699. The van der Waals surface area contributed by atoms with Crippen LogP contribution in [-0.2, 0) is 16.4 Å². The van der Waals surface area contributed by atoms with Gasteiger partial charge in [-0.25, -0.2) is 13.2 Å². The summed E-state index contributed by atoms with van der Waals surface area (Å²) in [5.41, 5.74) is 1.16. The number of benzene rings is 1. The van der Waals surface area contributed by atoms with E-state index in [2.05, 4.69) is 12.2 Å². The van der Waals surface area contributed by atoms with E-state index < -0.39 is 10.0 Å². The molecule has 0 saturated carbocycles. The highest BCUT2D eigenvalue weighted by Gasteiger charge is 2.30. The number of rotatable bonds is 6. The standard InChI is InChI=1S/C18H29N3O3S/c1-4-5-6-16-7-9-17(10-8-16)25(23,24)21-13-11-20(12-14-21)18(22)19-15(2)3/h7-10,15H,4-6,11-14H2,1-3H3,(H,19,22). The zero-order valence-electron chi connectivity index (χ0n) is 15.4. The number of urea groups is 1. The van der Waals surface area contributed by atoms with Crippen LogP contribution in [0.2, 0.25) is 0 Å². The quantitative estimate of drug-likeness (QED) is 0.840. The Kier molecular flexibility index (Phi) is 6.84. The van der Waals surface area contributed by atoms with Gasteiger partial charge in [0.25, 0.3) is 0 Å². The van der Waals surface area contributed by atoms with Gasteiger partial charge in [-0.1, -0.05) is 25.5 Å². The Morgan fingerprint density at radius 3 is 2.24 bits per heavy atom. The fourth-order valence-electron chi connectivity index (χ4n) is 2.83. The Labute approximate surface area is 151 Å². The second-order valence-corrected chi connectivity index (χ2v) is 8.68. The van der Waals surface area contributed by atoms with Crippen LogP contribution < -0.4 is 5.32 Å². The van der Waals surface area contributed by atoms with Crippen LogP contribution >= 0.6 is 0 Å². The summed E-state index contributed by atoms with van der Waals surface area (Å²) in [6.07, 6.45) is 3.20. The molecule has 7 heteroatoms. The first kappa shape index (κ1) is 19.7. The summed E-state index contributed by atoms with van der Waals surface area (Å²) in [5, 5.41) is 2.84. The number of carbonyl (C=O) groups is 1. The summed E-state index contributed by atoms with van der Waals surface area (Å²) in [5.74, 6) is 0. The van der Waals surface area contributed by atoms with Gasteiger partial charge in [-0.2, -0.15) is 4.31 Å². The number of carbonyl (C=O) groups excluding carboxylic acids is 1. The van der Waals surface area contributed by atoms with Gasteiger partial charge < -0.3 is 10.2 Å². The number of nitrogens with zero attached hydrogens (tertiary/aromatic N) is 2. The molecule has 1 fully saturated rings. The van der Waals surface area contributed by atoms with Crippen molar-refractivity contribution in [2.24, 2.45) is 0 Å². The zero-order chi connectivity index (χ0) is 18.4. The summed E-state index contributed by atoms with van der Waals surface area (Å²) in [7, 11) is -3.50. The van der Waals surface area contributed by atoms with Crippen LogP contribution in [0.15, 0.2) is 29.2 Å². The molecular weight excluding hydrogens is 338 g/mol. The lowest BCUT2D eigenvalue weighted by molar-refractivity contribution is 0.170. The van der Waals surface area contributed by atoms with Crippen molar-refractivity contribution in [3.05, 3.63) is 29.8 Å². The molecule has 1 aliphatic rings. The molecule has 1 aromatic carbocycles. The monoisotopic (exact) mass is 367 g/mol. The maximum Gasteiger partial charge on any atom is 0.317 e. The average Bonchev–Trinajstić information content (AvgIpc) is 2.60. The Morgan fingerprint density at radius 1 is 1.12 bits per heavy atom. The first-order valence-corrected chi connectivity index (χ1v) is 10.4. The Morgan fingerprint density at radius 2 is 1.72 bits per heavy atom. The highest BCUT2D eigenvalue weighted by Crippen LogP contribution is 2.19. The summed E-state index contributed by atoms with van der Waals surface area (Å²) < 4.78 is 27.0. The molecule has 0 bridgehead atoms. The molecule has 0 atom stereocenters. The number of nitrogens with one attached hydrogen (secondary N) is 1. The molecule has 2 rings (SSSR count). The summed E-state index contributed by atoms with van der Waals surface area (Å²) in [6.45, 7) is 7.42. The Balaban J connectivity index is 1.98. The molecule has 1 aliphatic heterocycles. The smallest absolute Gasteiger partial charge is 0.317 e. The van der Waals surface area contributed by atoms with E-state index in [1.807, 2.05) is 26.0 Å². The summed E-state index contributed by atoms with van der Waals surface area (Å²) >= 11 is 0. The van der Waals surface area contributed by atoms with Gasteiger partial charge in [0.05, 0.1) is 4.90 Å². The van der Waals surface area contributed by atoms with E-state index in [0.29, 0.717) is 31.1 Å². The highest BCUT2D eigenvalue weighted by atomic mass is 32.2. The number of sulfonamides is 1. The van der Waals surface area contributed by atoms with Gasteiger partial charge in [-0.3, -0.25) is 0 Å². The third kappa shape index (κ3) is 5.19. The normalized spacial score (nSPS) is 16.2. The number of unbranched alkanes of at least 4 members (excludes halogenated alkanes) is 1. The molecule has 6 nitrogen and oxygen atoms in total. The first-order valence-electron chi connectivity index (χ1n) is 8.99. The lowest BCUT2D eigenvalue weighted by atomic mass is 10.1. The van der Waals surface area contributed by atoms with Gasteiger partial charge >= 0.3 is 6.03 Å². The topological polar surface area (TPSA) is 69.7 Å². The van der Waals surface area contributed by atoms with Gasteiger partial charge in [0.15, 0.2) is 0 Å². The molecule has 1 saturated heterocycles. The largest absolute Gasteiger partial charge is 0.336 e. The SMILES string of the molecule is CCCCc1ccc(S(=O)(=O)N2CCN(C(=O)NC(C)C)CC2)cc1. The average molecular weight is 368 g/mol. The van der Waals surface area contributed by atoms with Crippen molar-refractivity contribution in [1.82, 2.24) is 14.5 Å². The van der Waals surface area contributed by atoms with Crippen LogP contribution in [0, 0.1) is 0 Å². The fourth-order valence-corrected chi connectivity index (χ4v) is 4.25. The van der Waals surface area contributed by atoms with Crippen molar-refractivity contribution in [3.63, 3.8) is 0 Å². The molecule has 0 unspecified atom stereocenters. The molecule has 25 heavy (non-hydrogen) atoms. The summed E-state index contributed by atoms with van der Waals surface area (Å²) in [6, 6.07) is 7.12. The van der Waals surface area contributed by atoms with Crippen molar-refractivity contribution in [2.75, 3.05) is 26.2 Å². The van der Waals surface area contributed by atoms with Gasteiger partial charge in [-0.15, -0.1) is 0 Å². The van der Waals surface area contributed by atoms with Crippen molar-refractivity contribution in [1.29, 1.82) is 0 Å². The maximum atomic E-state index is 12.8. The molecule has 1 aromatic rings. The molecule has 0 aromatic heterocycles. The maximum absolute atomic E-state index is 12.8. The lowest BCUT2D eigenvalue weighted by Crippen LogP contribution is -2.53. The molecule has 140 valence electrons. The third-order valence-electron chi connectivity index (χ3n) is 4.32. The van der Waals surface area contributed by atoms with E-state index in [0.717, 1.165) is 24.8 Å². The van der Waals surface area contributed by atoms with Crippen LogP contribution in [-0.4, -0.2) is 55.9 Å². The van der Waals surface area contributed by atoms with E-state index in [9.17, 15) is 13.2 Å². The fraction of sp³-hybridized carbons (Fsp3) is 0.611. The van der Waals surface area contributed by atoms with Crippen LogP contribution in [0.25, 0.3) is 0 Å². The Bertz CT molecular complexity index is 663. The van der Waals surface area contributed by atoms with E-state index >= 15 is 0 Å². The molecule has 0 aliphatic carbocycles. The second-order valence-electron chi connectivity index (χ2n) is 6.74. The number of aryl methyl sites for hydroxylation is 1.